The normalized spacial score (nSPS) is 25.3. The Bertz CT molecular complexity index is 572. The molecule has 0 radical (unpaired) electrons. The molecule has 2 atom stereocenters. The van der Waals surface area contributed by atoms with Crippen LogP contribution < -0.4 is 0 Å². The third-order valence-electron chi connectivity index (χ3n) is 3.29. The minimum Gasteiger partial charge on any atom is -0.376 e. The van der Waals surface area contributed by atoms with E-state index in [1.807, 2.05) is 12.1 Å². The molecule has 1 aromatic heterocycles. The van der Waals surface area contributed by atoms with Crippen molar-refractivity contribution >= 4 is 23.3 Å². The summed E-state index contributed by atoms with van der Waals surface area (Å²) in [6, 6.07) is 8.59. The number of para-hydroxylation sites is 2. The maximum atomic E-state index is 5.61. The lowest BCUT2D eigenvalue weighted by Crippen LogP contribution is -2.16. The molecule has 3 nitrogen and oxygen atoms in total. The molecule has 1 N–H and O–H groups in total. The summed E-state index contributed by atoms with van der Waals surface area (Å²) < 4.78 is 8.60. The van der Waals surface area contributed by atoms with Crippen molar-refractivity contribution in [1.29, 1.82) is 0 Å². The standard InChI is InChI=1S/C12H14N2OS/c1-8-10(6-7-15-8)14-11-5-3-2-4-9(11)13-12(14)16/h2-5,8,10H,6-7H2,1H3,(H,13,16). The van der Waals surface area contributed by atoms with Gasteiger partial charge in [0.15, 0.2) is 4.77 Å². The summed E-state index contributed by atoms with van der Waals surface area (Å²) in [6.45, 7) is 2.94. The van der Waals surface area contributed by atoms with Gasteiger partial charge in [-0.3, -0.25) is 0 Å². The Morgan fingerprint density at radius 2 is 2.25 bits per heavy atom. The lowest BCUT2D eigenvalue weighted by Gasteiger charge is -2.16. The number of H-pyrrole nitrogens is 1. The summed E-state index contributed by atoms with van der Waals surface area (Å²) in [4.78, 5) is 3.25. The van der Waals surface area contributed by atoms with Gasteiger partial charge < -0.3 is 14.3 Å². The van der Waals surface area contributed by atoms with E-state index in [-0.39, 0.29) is 6.10 Å². The van der Waals surface area contributed by atoms with Gasteiger partial charge in [0.05, 0.1) is 23.2 Å². The van der Waals surface area contributed by atoms with Crippen molar-refractivity contribution in [1.82, 2.24) is 9.55 Å². The van der Waals surface area contributed by atoms with E-state index in [0.29, 0.717) is 6.04 Å². The third-order valence-corrected chi connectivity index (χ3v) is 3.59. The summed E-state index contributed by atoms with van der Waals surface area (Å²) in [5.74, 6) is 0. The predicted molar refractivity (Wildman–Crippen MR) is 66.2 cm³/mol. The maximum absolute atomic E-state index is 5.61. The third kappa shape index (κ3) is 1.41. The fraction of sp³-hybridized carbons (Fsp3) is 0.417. The molecule has 1 fully saturated rings. The van der Waals surface area contributed by atoms with Crippen LogP contribution in [-0.4, -0.2) is 22.3 Å². The van der Waals surface area contributed by atoms with Gasteiger partial charge in [-0.15, -0.1) is 0 Å². The molecule has 4 heteroatoms. The number of nitrogens with zero attached hydrogens (tertiary/aromatic N) is 1. The van der Waals surface area contributed by atoms with Crippen molar-refractivity contribution in [2.45, 2.75) is 25.5 Å². The van der Waals surface area contributed by atoms with Crippen LogP contribution in [0.2, 0.25) is 0 Å². The first-order valence-electron chi connectivity index (χ1n) is 5.58. The molecule has 0 saturated carbocycles. The van der Waals surface area contributed by atoms with E-state index in [1.54, 1.807) is 0 Å². The summed E-state index contributed by atoms with van der Waals surface area (Å²) in [5.41, 5.74) is 2.28. The molecule has 2 heterocycles. The first-order valence-corrected chi connectivity index (χ1v) is 5.99. The highest BCUT2D eigenvalue weighted by Gasteiger charge is 2.27. The van der Waals surface area contributed by atoms with Crippen molar-refractivity contribution in [3.8, 4) is 0 Å². The topological polar surface area (TPSA) is 29.9 Å². The quantitative estimate of drug-likeness (QED) is 0.769. The monoisotopic (exact) mass is 234 g/mol. The Hall–Kier alpha value is -1.13. The van der Waals surface area contributed by atoms with Gasteiger partial charge in [0.25, 0.3) is 0 Å². The van der Waals surface area contributed by atoms with Crippen molar-refractivity contribution in [3.05, 3.63) is 29.0 Å². The van der Waals surface area contributed by atoms with Crippen LogP contribution in [0.5, 0.6) is 0 Å². The summed E-state index contributed by atoms with van der Waals surface area (Å²) >= 11 is 5.39. The Balaban J connectivity index is 2.22. The zero-order chi connectivity index (χ0) is 11.1. The van der Waals surface area contributed by atoms with Crippen LogP contribution in [0.25, 0.3) is 11.0 Å². The minimum atomic E-state index is 0.242. The van der Waals surface area contributed by atoms with Gasteiger partial charge in [-0.1, -0.05) is 12.1 Å². The van der Waals surface area contributed by atoms with Crippen LogP contribution in [-0.2, 0) is 4.74 Å². The second kappa shape index (κ2) is 3.71. The molecule has 1 saturated heterocycles. The van der Waals surface area contributed by atoms with Crippen LogP contribution >= 0.6 is 12.2 Å². The van der Waals surface area contributed by atoms with Crippen molar-refractivity contribution in [2.75, 3.05) is 6.61 Å². The van der Waals surface area contributed by atoms with E-state index in [9.17, 15) is 0 Å². The van der Waals surface area contributed by atoms with Crippen molar-refractivity contribution in [2.24, 2.45) is 0 Å². The van der Waals surface area contributed by atoms with Gasteiger partial charge in [0, 0.05) is 6.61 Å². The van der Waals surface area contributed by atoms with Crippen LogP contribution in [0.15, 0.2) is 24.3 Å². The van der Waals surface area contributed by atoms with E-state index < -0.39 is 0 Å². The molecule has 2 aromatic rings. The van der Waals surface area contributed by atoms with Crippen molar-refractivity contribution in [3.63, 3.8) is 0 Å². The zero-order valence-corrected chi connectivity index (χ0v) is 9.96. The highest BCUT2D eigenvalue weighted by atomic mass is 32.1. The first-order chi connectivity index (χ1) is 7.77. The van der Waals surface area contributed by atoms with Gasteiger partial charge in [0.2, 0.25) is 0 Å². The molecule has 1 aliphatic rings. The van der Waals surface area contributed by atoms with E-state index >= 15 is 0 Å². The molecule has 3 rings (SSSR count). The van der Waals surface area contributed by atoms with E-state index in [1.165, 1.54) is 5.52 Å². The van der Waals surface area contributed by atoms with Crippen LogP contribution in [0.3, 0.4) is 0 Å². The molecule has 84 valence electrons. The molecule has 1 aromatic carbocycles. The van der Waals surface area contributed by atoms with Gasteiger partial charge in [-0.25, -0.2) is 0 Å². The minimum absolute atomic E-state index is 0.242. The number of aromatic amines is 1. The average molecular weight is 234 g/mol. The number of nitrogens with one attached hydrogen (secondary N) is 1. The SMILES string of the molecule is CC1OCCC1n1c(=S)[nH]c2ccccc21. The van der Waals surface area contributed by atoms with Gasteiger partial charge >= 0.3 is 0 Å². The lowest BCUT2D eigenvalue weighted by molar-refractivity contribution is 0.108. The molecule has 1 aliphatic heterocycles. The Morgan fingerprint density at radius 3 is 3.00 bits per heavy atom. The Kier molecular flexibility index (Phi) is 2.33. The molecule has 0 bridgehead atoms. The van der Waals surface area contributed by atoms with E-state index in [0.717, 1.165) is 23.3 Å². The average Bonchev–Trinajstić information content (AvgIpc) is 2.81. The number of fused-ring (bicyclic) bond motifs is 1. The van der Waals surface area contributed by atoms with Crippen LogP contribution in [0.4, 0.5) is 0 Å². The van der Waals surface area contributed by atoms with Gasteiger partial charge in [-0.2, -0.15) is 0 Å². The van der Waals surface area contributed by atoms with E-state index in [2.05, 4.69) is 28.6 Å². The summed E-state index contributed by atoms with van der Waals surface area (Å²) in [7, 11) is 0. The molecule has 0 aliphatic carbocycles. The smallest absolute Gasteiger partial charge is 0.178 e. The highest BCUT2D eigenvalue weighted by Crippen LogP contribution is 2.29. The number of rotatable bonds is 1. The molecule has 2 unspecified atom stereocenters. The number of hydrogen-bond acceptors (Lipinski definition) is 2. The lowest BCUT2D eigenvalue weighted by atomic mass is 10.1. The molecular formula is C12H14N2OS. The number of aromatic nitrogens is 2. The second-order valence-corrected chi connectivity index (χ2v) is 4.64. The number of benzene rings is 1. The fourth-order valence-electron chi connectivity index (χ4n) is 2.46. The maximum Gasteiger partial charge on any atom is 0.178 e. The molecular weight excluding hydrogens is 220 g/mol. The predicted octanol–water partition coefficient (Wildman–Crippen LogP) is 3.05. The van der Waals surface area contributed by atoms with Gasteiger partial charge in [-0.05, 0) is 37.7 Å². The summed E-state index contributed by atoms with van der Waals surface area (Å²) in [6.07, 6.45) is 1.28. The molecule has 0 amide bonds. The summed E-state index contributed by atoms with van der Waals surface area (Å²) in [5, 5.41) is 0. The highest BCUT2D eigenvalue weighted by molar-refractivity contribution is 7.71. The number of hydrogen-bond donors (Lipinski definition) is 1. The number of imidazole rings is 1. The van der Waals surface area contributed by atoms with Crippen molar-refractivity contribution < 1.29 is 4.74 Å². The second-order valence-electron chi connectivity index (χ2n) is 4.25. The first kappa shape index (κ1) is 10.1. The molecule has 16 heavy (non-hydrogen) atoms. The number of ether oxygens (including phenoxy) is 1. The van der Waals surface area contributed by atoms with Crippen LogP contribution in [0.1, 0.15) is 19.4 Å². The Labute approximate surface area is 99.0 Å². The fourth-order valence-corrected chi connectivity index (χ4v) is 2.81. The molecule has 0 spiro atoms. The van der Waals surface area contributed by atoms with Crippen LogP contribution in [0, 0.1) is 4.77 Å². The van der Waals surface area contributed by atoms with Gasteiger partial charge in [0.1, 0.15) is 0 Å². The van der Waals surface area contributed by atoms with E-state index in [4.69, 9.17) is 17.0 Å². The Morgan fingerprint density at radius 1 is 1.44 bits per heavy atom. The zero-order valence-electron chi connectivity index (χ0n) is 9.14. The largest absolute Gasteiger partial charge is 0.376 e.